The van der Waals surface area contributed by atoms with E-state index in [1.165, 1.54) is 9.13 Å². The second-order valence-electron chi connectivity index (χ2n) is 7.06. The molecule has 0 aliphatic rings. The third-order valence-corrected chi connectivity index (χ3v) is 4.99. The fraction of sp³-hybridized carbons (Fsp3) is 0.261. The van der Waals surface area contributed by atoms with Gasteiger partial charge < -0.3 is 5.32 Å². The fourth-order valence-electron chi connectivity index (χ4n) is 3.19. The number of para-hydroxylation sites is 2. The normalized spacial score (nSPS) is 11.9. The van der Waals surface area contributed by atoms with E-state index in [0.29, 0.717) is 16.6 Å². The van der Waals surface area contributed by atoms with Crippen molar-refractivity contribution in [3.63, 3.8) is 0 Å². The third-order valence-electron chi connectivity index (χ3n) is 4.99. The number of fused-ring (bicyclic) bond motifs is 1. The van der Waals surface area contributed by atoms with Crippen molar-refractivity contribution in [1.82, 2.24) is 14.5 Å². The molecule has 1 amide bonds. The number of hydrogen-bond acceptors (Lipinski definition) is 3. The average molecular weight is 391 g/mol. The number of benzene rings is 2. The summed E-state index contributed by atoms with van der Waals surface area (Å²) in [6, 6.07) is 14.5. The first-order chi connectivity index (χ1) is 14.0. The first-order valence-electron chi connectivity index (χ1n) is 9.69. The summed E-state index contributed by atoms with van der Waals surface area (Å²) in [4.78, 5) is 37.6. The van der Waals surface area contributed by atoms with Crippen molar-refractivity contribution in [3.05, 3.63) is 93.0 Å². The van der Waals surface area contributed by atoms with Gasteiger partial charge in [0, 0.05) is 18.2 Å². The van der Waals surface area contributed by atoms with Crippen LogP contribution in [0.5, 0.6) is 0 Å². The highest BCUT2D eigenvalue weighted by atomic mass is 16.2. The maximum atomic E-state index is 12.7. The molecule has 1 heterocycles. The van der Waals surface area contributed by atoms with E-state index < -0.39 is 11.1 Å². The van der Waals surface area contributed by atoms with Crippen LogP contribution < -0.4 is 16.4 Å². The number of amides is 1. The smallest absolute Gasteiger partial charge is 0.317 e. The minimum Gasteiger partial charge on any atom is -0.350 e. The molecule has 1 unspecified atom stereocenters. The van der Waals surface area contributed by atoms with E-state index in [0.717, 1.165) is 12.0 Å². The number of allylic oxidation sites excluding steroid dienone is 1. The van der Waals surface area contributed by atoms with Crippen LogP contribution in [0.3, 0.4) is 0 Å². The molecule has 0 fully saturated rings. The monoisotopic (exact) mass is 391 g/mol. The summed E-state index contributed by atoms with van der Waals surface area (Å²) >= 11 is 0. The molecule has 0 aliphatic heterocycles. The first kappa shape index (κ1) is 20.3. The molecule has 0 saturated carbocycles. The molecule has 3 rings (SSSR count). The topological polar surface area (TPSA) is 73.1 Å². The van der Waals surface area contributed by atoms with Gasteiger partial charge in [0.25, 0.3) is 5.91 Å². The number of nitrogens with one attached hydrogen (secondary N) is 1. The molecule has 6 heteroatoms. The number of rotatable bonds is 7. The van der Waals surface area contributed by atoms with Gasteiger partial charge >= 0.3 is 11.1 Å². The Morgan fingerprint density at radius 1 is 1.03 bits per heavy atom. The molecule has 6 nitrogen and oxygen atoms in total. The summed E-state index contributed by atoms with van der Waals surface area (Å²) in [6.07, 6.45) is 2.46. The number of nitrogens with zero attached hydrogens (tertiary/aromatic N) is 2. The predicted molar refractivity (Wildman–Crippen MR) is 115 cm³/mol. The molecule has 1 atom stereocenters. The molecule has 0 aliphatic carbocycles. The Balaban J connectivity index is 1.97. The van der Waals surface area contributed by atoms with Crippen LogP contribution in [0.25, 0.3) is 11.0 Å². The molecule has 1 aromatic heterocycles. The van der Waals surface area contributed by atoms with Gasteiger partial charge in [0.05, 0.1) is 17.6 Å². The molecule has 29 heavy (non-hydrogen) atoms. The quantitative estimate of drug-likeness (QED) is 0.497. The highest BCUT2D eigenvalue weighted by Crippen LogP contribution is 2.13. The molecule has 1 N–H and O–H groups in total. The summed E-state index contributed by atoms with van der Waals surface area (Å²) in [7, 11) is 0. The molecular formula is C23H25N3O3. The zero-order valence-electron chi connectivity index (χ0n) is 16.7. The van der Waals surface area contributed by atoms with Crippen LogP contribution in [0.1, 0.15) is 36.2 Å². The van der Waals surface area contributed by atoms with E-state index in [1.807, 2.05) is 50.2 Å². The van der Waals surface area contributed by atoms with E-state index in [-0.39, 0.29) is 25.0 Å². The standard InChI is InChI=1S/C23H25N3O3/c1-4-14-25-19-8-6-7-9-20(19)26(23(29)22(25)28)15-17-10-12-18(13-11-17)21(27)24-16(3)5-2/h4,6-13,16H,1,5,14-15H2,2-3H3,(H,24,27). The van der Waals surface area contributed by atoms with Gasteiger partial charge in [-0.05, 0) is 43.2 Å². The molecule has 0 saturated heterocycles. The van der Waals surface area contributed by atoms with Crippen LogP contribution in [0.15, 0.2) is 70.8 Å². The SMILES string of the molecule is C=CCn1c(=O)c(=O)n(Cc2ccc(C(=O)NC(C)CC)cc2)c2ccccc21. The highest BCUT2D eigenvalue weighted by Gasteiger charge is 2.13. The molecule has 0 bridgehead atoms. The highest BCUT2D eigenvalue weighted by molar-refractivity contribution is 5.94. The fourth-order valence-corrected chi connectivity index (χ4v) is 3.19. The zero-order chi connectivity index (χ0) is 21.0. The first-order valence-corrected chi connectivity index (χ1v) is 9.69. The van der Waals surface area contributed by atoms with E-state index in [9.17, 15) is 14.4 Å². The van der Waals surface area contributed by atoms with Gasteiger partial charge in [-0.15, -0.1) is 6.58 Å². The van der Waals surface area contributed by atoms with E-state index in [2.05, 4.69) is 11.9 Å². The van der Waals surface area contributed by atoms with Gasteiger partial charge in [0.1, 0.15) is 0 Å². The zero-order valence-corrected chi connectivity index (χ0v) is 16.7. The van der Waals surface area contributed by atoms with E-state index >= 15 is 0 Å². The minimum atomic E-state index is -0.579. The Labute approximate surface area is 169 Å². The summed E-state index contributed by atoms with van der Waals surface area (Å²) in [5.74, 6) is -0.125. The Morgan fingerprint density at radius 3 is 2.21 bits per heavy atom. The van der Waals surface area contributed by atoms with Crippen LogP contribution in [0, 0.1) is 0 Å². The third kappa shape index (κ3) is 4.21. The molecule has 2 aromatic carbocycles. The maximum absolute atomic E-state index is 12.7. The largest absolute Gasteiger partial charge is 0.350 e. The lowest BCUT2D eigenvalue weighted by atomic mass is 10.1. The molecule has 150 valence electrons. The van der Waals surface area contributed by atoms with Crippen LogP contribution in [0.2, 0.25) is 0 Å². The van der Waals surface area contributed by atoms with Gasteiger partial charge in [-0.2, -0.15) is 0 Å². The molecular weight excluding hydrogens is 366 g/mol. The number of aromatic nitrogens is 2. The summed E-state index contributed by atoms with van der Waals surface area (Å²) in [6.45, 7) is 8.16. The van der Waals surface area contributed by atoms with Gasteiger partial charge in [0.2, 0.25) is 0 Å². The summed E-state index contributed by atoms with van der Waals surface area (Å²) in [5, 5.41) is 2.93. The minimum absolute atomic E-state index is 0.106. The van der Waals surface area contributed by atoms with Crippen LogP contribution in [-0.2, 0) is 13.1 Å². The van der Waals surface area contributed by atoms with E-state index in [4.69, 9.17) is 0 Å². The Hall–Kier alpha value is -3.41. The van der Waals surface area contributed by atoms with Crippen molar-refractivity contribution < 1.29 is 4.79 Å². The Kier molecular flexibility index (Phi) is 6.12. The lowest BCUT2D eigenvalue weighted by Crippen LogP contribution is -2.41. The predicted octanol–water partition coefficient (Wildman–Crippen LogP) is 2.93. The maximum Gasteiger partial charge on any atom is 0.317 e. The number of carbonyl (C=O) groups excluding carboxylic acids is 1. The van der Waals surface area contributed by atoms with Crippen molar-refractivity contribution in [2.24, 2.45) is 0 Å². The van der Waals surface area contributed by atoms with Crippen LogP contribution >= 0.6 is 0 Å². The number of hydrogen-bond donors (Lipinski definition) is 1. The molecule has 0 spiro atoms. The van der Waals surface area contributed by atoms with Crippen molar-refractivity contribution in [2.45, 2.75) is 39.4 Å². The number of carbonyl (C=O) groups is 1. The van der Waals surface area contributed by atoms with Crippen molar-refractivity contribution in [2.75, 3.05) is 0 Å². The Morgan fingerprint density at radius 2 is 1.62 bits per heavy atom. The van der Waals surface area contributed by atoms with Crippen molar-refractivity contribution >= 4 is 16.9 Å². The molecule has 3 aromatic rings. The van der Waals surface area contributed by atoms with Gasteiger partial charge in [-0.3, -0.25) is 23.5 Å². The van der Waals surface area contributed by atoms with Crippen LogP contribution in [-0.4, -0.2) is 21.1 Å². The summed E-state index contributed by atoms with van der Waals surface area (Å²) in [5.41, 5.74) is 1.60. The summed E-state index contributed by atoms with van der Waals surface area (Å²) < 4.78 is 2.91. The lowest BCUT2D eigenvalue weighted by molar-refractivity contribution is 0.0939. The van der Waals surface area contributed by atoms with Gasteiger partial charge in [0.15, 0.2) is 0 Å². The second kappa shape index (κ2) is 8.73. The van der Waals surface area contributed by atoms with Crippen molar-refractivity contribution in [3.8, 4) is 0 Å². The lowest BCUT2D eigenvalue weighted by Gasteiger charge is -2.15. The average Bonchev–Trinajstić information content (AvgIpc) is 2.74. The van der Waals surface area contributed by atoms with Gasteiger partial charge in [-0.25, -0.2) is 0 Å². The van der Waals surface area contributed by atoms with Crippen molar-refractivity contribution in [1.29, 1.82) is 0 Å². The van der Waals surface area contributed by atoms with Crippen LogP contribution in [0.4, 0.5) is 0 Å². The van der Waals surface area contributed by atoms with E-state index in [1.54, 1.807) is 18.2 Å². The second-order valence-corrected chi connectivity index (χ2v) is 7.06. The molecule has 0 radical (unpaired) electrons. The van der Waals surface area contributed by atoms with Gasteiger partial charge in [-0.1, -0.05) is 37.3 Å². The Bertz CT molecular complexity index is 1160.